The van der Waals surface area contributed by atoms with Crippen molar-refractivity contribution < 1.29 is 23.9 Å². The van der Waals surface area contributed by atoms with E-state index >= 15 is 0 Å². The van der Waals surface area contributed by atoms with Crippen LogP contribution in [0.25, 0.3) is 11.1 Å². The SMILES string of the molecule is CCOC(=O)c1c(-c2ccccc2)csc1NC(=O)C1=C(C)NC(=S)NC1c1ccc(C(=O)OC)cc1. The van der Waals surface area contributed by atoms with Gasteiger partial charge in [0.2, 0.25) is 0 Å². The Morgan fingerprint density at radius 1 is 1.05 bits per heavy atom. The second-order valence-electron chi connectivity index (χ2n) is 8.08. The van der Waals surface area contributed by atoms with E-state index in [1.54, 1.807) is 38.1 Å². The molecule has 4 rings (SSSR count). The maximum Gasteiger partial charge on any atom is 0.341 e. The molecule has 0 saturated carbocycles. The molecule has 10 heteroatoms. The third kappa shape index (κ3) is 5.55. The molecule has 8 nitrogen and oxygen atoms in total. The number of benzene rings is 2. The van der Waals surface area contributed by atoms with Gasteiger partial charge in [0.1, 0.15) is 10.6 Å². The van der Waals surface area contributed by atoms with Crippen molar-refractivity contribution in [3.63, 3.8) is 0 Å². The van der Waals surface area contributed by atoms with Gasteiger partial charge in [-0.3, -0.25) is 4.79 Å². The number of thiocarbonyl (C=S) groups is 1. The highest BCUT2D eigenvalue weighted by Gasteiger charge is 2.32. The number of hydrogen-bond acceptors (Lipinski definition) is 7. The minimum absolute atomic E-state index is 0.204. The van der Waals surface area contributed by atoms with E-state index < -0.39 is 23.9 Å². The minimum atomic E-state index is -0.583. The number of rotatable bonds is 7. The first-order valence-electron chi connectivity index (χ1n) is 11.5. The molecule has 37 heavy (non-hydrogen) atoms. The maximum atomic E-state index is 13.7. The van der Waals surface area contributed by atoms with Crippen molar-refractivity contribution in [1.82, 2.24) is 10.6 Å². The average molecular weight is 536 g/mol. The van der Waals surface area contributed by atoms with Crippen LogP contribution in [0.15, 0.2) is 71.2 Å². The van der Waals surface area contributed by atoms with E-state index in [0.29, 0.717) is 38.1 Å². The van der Waals surface area contributed by atoms with Crippen molar-refractivity contribution in [2.45, 2.75) is 19.9 Å². The van der Waals surface area contributed by atoms with Crippen LogP contribution in [-0.4, -0.2) is 36.7 Å². The van der Waals surface area contributed by atoms with Gasteiger partial charge in [-0.05, 0) is 49.3 Å². The van der Waals surface area contributed by atoms with Crippen molar-refractivity contribution in [3.8, 4) is 11.1 Å². The van der Waals surface area contributed by atoms with Crippen molar-refractivity contribution >= 4 is 51.5 Å². The van der Waals surface area contributed by atoms with Crippen molar-refractivity contribution in [2.75, 3.05) is 19.0 Å². The summed E-state index contributed by atoms with van der Waals surface area (Å²) in [5.41, 5.74) is 3.90. The summed E-state index contributed by atoms with van der Waals surface area (Å²) in [6.45, 7) is 3.70. The number of amides is 1. The zero-order valence-electron chi connectivity index (χ0n) is 20.4. The van der Waals surface area contributed by atoms with E-state index in [2.05, 4.69) is 16.0 Å². The van der Waals surface area contributed by atoms with Crippen LogP contribution in [0.5, 0.6) is 0 Å². The molecule has 1 unspecified atom stereocenters. The van der Waals surface area contributed by atoms with E-state index in [4.69, 9.17) is 21.7 Å². The van der Waals surface area contributed by atoms with Crippen LogP contribution in [0.2, 0.25) is 0 Å². The van der Waals surface area contributed by atoms with Gasteiger partial charge >= 0.3 is 11.9 Å². The van der Waals surface area contributed by atoms with Crippen LogP contribution in [0.4, 0.5) is 5.00 Å². The number of thiophene rings is 1. The first kappa shape index (κ1) is 26.1. The van der Waals surface area contributed by atoms with Crippen LogP contribution in [-0.2, 0) is 14.3 Å². The molecular weight excluding hydrogens is 510 g/mol. The lowest BCUT2D eigenvalue weighted by atomic mass is 9.94. The van der Waals surface area contributed by atoms with E-state index in [1.807, 2.05) is 35.7 Å². The predicted molar refractivity (Wildman–Crippen MR) is 146 cm³/mol. The van der Waals surface area contributed by atoms with Crippen LogP contribution < -0.4 is 16.0 Å². The fourth-order valence-electron chi connectivity index (χ4n) is 4.03. The lowest BCUT2D eigenvalue weighted by molar-refractivity contribution is -0.113. The Bertz CT molecular complexity index is 1380. The second-order valence-corrected chi connectivity index (χ2v) is 9.37. The smallest absolute Gasteiger partial charge is 0.341 e. The van der Waals surface area contributed by atoms with Gasteiger partial charge in [0.05, 0.1) is 30.9 Å². The highest BCUT2D eigenvalue weighted by molar-refractivity contribution is 7.80. The van der Waals surface area contributed by atoms with Crippen molar-refractivity contribution in [3.05, 3.63) is 87.9 Å². The zero-order valence-corrected chi connectivity index (χ0v) is 22.0. The van der Waals surface area contributed by atoms with Crippen LogP contribution in [0.3, 0.4) is 0 Å². The lowest BCUT2D eigenvalue weighted by Gasteiger charge is -2.30. The Kier molecular flexibility index (Phi) is 8.00. The molecule has 2 aromatic carbocycles. The molecule has 0 aliphatic carbocycles. The summed E-state index contributed by atoms with van der Waals surface area (Å²) in [5.74, 6) is -1.38. The maximum absolute atomic E-state index is 13.7. The number of nitrogens with one attached hydrogen (secondary N) is 3. The number of esters is 2. The van der Waals surface area contributed by atoms with Crippen molar-refractivity contribution in [2.24, 2.45) is 0 Å². The fourth-order valence-corrected chi connectivity index (χ4v) is 5.25. The van der Waals surface area contributed by atoms with Crippen LogP contribution in [0.1, 0.15) is 46.2 Å². The predicted octanol–water partition coefficient (Wildman–Crippen LogP) is 4.81. The van der Waals surface area contributed by atoms with Crippen molar-refractivity contribution in [1.29, 1.82) is 0 Å². The number of anilines is 1. The fraction of sp³-hybridized carbons (Fsp3) is 0.185. The molecule has 0 bridgehead atoms. The molecule has 1 amide bonds. The van der Waals surface area contributed by atoms with E-state index in [9.17, 15) is 14.4 Å². The summed E-state index contributed by atoms with van der Waals surface area (Å²) in [6.07, 6.45) is 0. The third-order valence-corrected chi connectivity index (χ3v) is 6.88. The molecule has 0 spiro atoms. The standard InChI is InChI=1S/C27H25N3O5S2/c1-4-35-26(33)21-19(16-8-6-5-7-9-16)14-37-24(21)30-23(31)20-15(2)28-27(36)29-22(20)17-10-12-18(13-11-17)25(32)34-3/h5-14,22H,4H2,1-3H3,(H,30,31)(H2,28,29,36). The number of methoxy groups -OCH3 is 1. The third-order valence-electron chi connectivity index (χ3n) is 5.76. The van der Waals surface area contributed by atoms with E-state index in [0.717, 1.165) is 11.1 Å². The molecule has 3 N–H and O–H groups in total. The molecule has 3 aromatic rings. The van der Waals surface area contributed by atoms with Gasteiger partial charge in [-0.15, -0.1) is 11.3 Å². The number of hydrogen-bond donors (Lipinski definition) is 3. The topological polar surface area (TPSA) is 106 Å². The minimum Gasteiger partial charge on any atom is -0.465 e. The highest BCUT2D eigenvalue weighted by Crippen LogP contribution is 2.37. The molecular formula is C27H25N3O5S2. The molecule has 1 aromatic heterocycles. The van der Waals surface area contributed by atoms with E-state index in [-0.39, 0.29) is 6.61 Å². The number of carbonyl (C=O) groups excluding carboxylic acids is 3. The molecule has 2 heterocycles. The lowest BCUT2D eigenvalue weighted by Crippen LogP contribution is -2.45. The summed E-state index contributed by atoms with van der Waals surface area (Å²) in [5, 5.41) is 11.6. The van der Waals surface area contributed by atoms with Gasteiger partial charge in [-0.2, -0.15) is 0 Å². The number of allylic oxidation sites excluding steroid dienone is 1. The van der Waals surface area contributed by atoms with Crippen LogP contribution >= 0.6 is 23.6 Å². The number of ether oxygens (including phenoxy) is 2. The summed E-state index contributed by atoms with van der Waals surface area (Å²) in [7, 11) is 1.32. The summed E-state index contributed by atoms with van der Waals surface area (Å²) >= 11 is 6.59. The summed E-state index contributed by atoms with van der Waals surface area (Å²) in [6, 6.07) is 15.6. The highest BCUT2D eigenvalue weighted by atomic mass is 32.1. The normalized spacial score (nSPS) is 14.9. The van der Waals surface area contributed by atoms with Crippen LogP contribution in [0, 0.1) is 0 Å². The molecule has 0 saturated heterocycles. The van der Waals surface area contributed by atoms with Gasteiger partial charge in [0.25, 0.3) is 5.91 Å². The molecule has 1 aliphatic rings. The Balaban J connectivity index is 1.69. The van der Waals surface area contributed by atoms with Gasteiger partial charge < -0.3 is 25.4 Å². The molecule has 1 aliphatic heterocycles. The Labute approximate surface area is 223 Å². The average Bonchev–Trinajstić information content (AvgIpc) is 3.32. The van der Waals surface area contributed by atoms with Gasteiger partial charge in [-0.1, -0.05) is 42.5 Å². The first-order chi connectivity index (χ1) is 17.8. The summed E-state index contributed by atoms with van der Waals surface area (Å²) < 4.78 is 10.1. The molecule has 1 atom stereocenters. The van der Waals surface area contributed by atoms with E-state index in [1.165, 1.54) is 18.4 Å². The summed E-state index contributed by atoms with van der Waals surface area (Å²) in [4.78, 5) is 38.4. The first-order valence-corrected chi connectivity index (χ1v) is 12.7. The molecule has 190 valence electrons. The molecule has 0 radical (unpaired) electrons. The largest absolute Gasteiger partial charge is 0.465 e. The molecule has 0 fully saturated rings. The van der Waals surface area contributed by atoms with Gasteiger partial charge in [0.15, 0.2) is 5.11 Å². The Morgan fingerprint density at radius 2 is 1.76 bits per heavy atom. The zero-order chi connectivity index (χ0) is 26.5. The number of carbonyl (C=O) groups is 3. The second kappa shape index (κ2) is 11.4. The Morgan fingerprint density at radius 3 is 2.41 bits per heavy atom. The quantitative estimate of drug-likeness (QED) is 0.292. The van der Waals surface area contributed by atoms with Gasteiger partial charge in [-0.25, -0.2) is 9.59 Å². The monoisotopic (exact) mass is 535 g/mol. The van der Waals surface area contributed by atoms with Gasteiger partial charge in [0, 0.05) is 16.6 Å². The Hall–Kier alpha value is -4.02.